The number of carboxylic acid groups (broad SMARTS) is 1. The number of nitrogens with one attached hydrogen (secondary N) is 1. The highest BCUT2D eigenvalue weighted by atomic mass is 16.4. The number of aliphatic carboxylic acids is 1. The molecule has 1 saturated carbocycles. The zero-order chi connectivity index (χ0) is 12.7. The van der Waals surface area contributed by atoms with Gasteiger partial charge in [0.2, 0.25) is 5.91 Å². The van der Waals surface area contributed by atoms with Crippen molar-refractivity contribution in [3.63, 3.8) is 0 Å². The first-order valence-corrected chi connectivity index (χ1v) is 6.31. The Morgan fingerprint density at radius 1 is 1.35 bits per heavy atom. The van der Waals surface area contributed by atoms with E-state index >= 15 is 0 Å². The van der Waals surface area contributed by atoms with Crippen molar-refractivity contribution < 1.29 is 14.7 Å². The summed E-state index contributed by atoms with van der Waals surface area (Å²) in [6.45, 7) is 0.639. The van der Waals surface area contributed by atoms with Crippen LogP contribution in [0.5, 0.6) is 0 Å². The van der Waals surface area contributed by atoms with E-state index < -0.39 is 5.97 Å². The first kappa shape index (κ1) is 14.0. The molecule has 1 rings (SSSR count). The summed E-state index contributed by atoms with van der Waals surface area (Å²) in [4.78, 5) is 24.3. The van der Waals surface area contributed by atoms with Crippen molar-refractivity contribution in [1.82, 2.24) is 10.2 Å². The lowest BCUT2D eigenvalue weighted by Crippen LogP contribution is -2.42. The smallest absolute Gasteiger partial charge is 0.323 e. The molecule has 0 aliphatic heterocycles. The summed E-state index contributed by atoms with van der Waals surface area (Å²) in [5, 5.41) is 11.8. The molecule has 17 heavy (non-hydrogen) atoms. The van der Waals surface area contributed by atoms with Crippen LogP contribution < -0.4 is 5.32 Å². The number of carbonyl (C=O) groups is 2. The summed E-state index contributed by atoms with van der Waals surface area (Å²) in [6.07, 6.45) is 5.30. The molecule has 98 valence electrons. The van der Waals surface area contributed by atoms with Crippen molar-refractivity contribution in [1.29, 1.82) is 0 Å². The summed E-state index contributed by atoms with van der Waals surface area (Å²) >= 11 is 0. The second-order valence-corrected chi connectivity index (χ2v) is 4.56. The van der Waals surface area contributed by atoms with E-state index in [4.69, 9.17) is 5.11 Å². The summed E-state index contributed by atoms with van der Waals surface area (Å²) in [7, 11) is 1.84. The average molecular weight is 242 g/mol. The summed E-state index contributed by atoms with van der Waals surface area (Å²) in [6, 6.07) is 0.146. The van der Waals surface area contributed by atoms with Crippen LogP contribution in [-0.4, -0.2) is 48.1 Å². The highest BCUT2D eigenvalue weighted by Crippen LogP contribution is 2.24. The van der Waals surface area contributed by atoms with Crippen molar-refractivity contribution in [3.05, 3.63) is 0 Å². The maximum Gasteiger partial charge on any atom is 0.323 e. The third-order valence-electron chi connectivity index (χ3n) is 3.21. The Hall–Kier alpha value is -1.10. The molecular weight excluding hydrogens is 220 g/mol. The Bertz CT molecular complexity index is 262. The van der Waals surface area contributed by atoms with E-state index in [1.165, 1.54) is 0 Å². The summed E-state index contributed by atoms with van der Waals surface area (Å²) in [5.74, 6) is -0.937. The highest BCUT2D eigenvalue weighted by molar-refractivity contribution is 5.81. The number of rotatable bonds is 7. The fourth-order valence-electron chi connectivity index (χ4n) is 2.34. The zero-order valence-corrected chi connectivity index (χ0v) is 10.4. The molecule has 1 amide bonds. The first-order chi connectivity index (χ1) is 8.15. The molecule has 0 saturated heterocycles. The fourth-order valence-corrected chi connectivity index (χ4v) is 2.34. The lowest BCUT2D eigenvalue weighted by atomic mass is 10.1. The van der Waals surface area contributed by atoms with Gasteiger partial charge in [-0.25, -0.2) is 0 Å². The molecule has 5 nitrogen and oxygen atoms in total. The molecule has 0 aromatic carbocycles. The molecule has 0 unspecified atom stereocenters. The quantitative estimate of drug-likeness (QED) is 0.649. The van der Waals surface area contributed by atoms with Gasteiger partial charge in [0.1, 0.15) is 6.54 Å². The fraction of sp³-hybridized carbons (Fsp3) is 0.833. The Morgan fingerprint density at radius 2 is 2.00 bits per heavy atom. The third-order valence-corrected chi connectivity index (χ3v) is 3.21. The van der Waals surface area contributed by atoms with E-state index in [0.29, 0.717) is 6.42 Å². The lowest BCUT2D eigenvalue weighted by molar-refractivity contribution is -0.146. The predicted octanol–water partition coefficient (Wildman–Crippen LogP) is 0.842. The minimum Gasteiger partial charge on any atom is -0.480 e. The van der Waals surface area contributed by atoms with Gasteiger partial charge >= 0.3 is 5.97 Å². The van der Waals surface area contributed by atoms with E-state index in [1.807, 2.05) is 7.05 Å². The standard InChI is InChI=1S/C12H22N2O3/c1-13-8-4-7-11(15)14(9-12(16)17)10-5-2-3-6-10/h10,13H,2-9H2,1H3,(H,16,17). The molecule has 5 heteroatoms. The van der Waals surface area contributed by atoms with Crippen LogP contribution in [0, 0.1) is 0 Å². The topological polar surface area (TPSA) is 69.6 Å². The monoisotopic (exact) mass is 242 g/mol. The Labute approximate surface area is 102 Å². The molecule has 1 aliphatic carbocycles. The van der Waals surface area contributed by atoms with E-state index in [-0.39, 0.29) is 18.5 Å². The van der Waals surface area contributed by atoms with Gasteiger partial charge < -0.3 is 15.3 Å². The van der Waals surface area contributed by atoms with Crippen LogP contribution in [-0.2, 0) is 9.59 Å². The third kappa shape index (κ3) is 4.73. The molecule has 0 aromatic heterocycles. The van der Waals surface area contributed by atoms with Crippen LogP contribution in [0.1, 0.15) is 38.5 Å². The number of amides is 1. The Morgan fingerprint density at radius 3 is 2.53 bits per heavy atom. The van der Waals surface area contributed by atoms with Crippen LogP contribution in [0.15, 0.2) is 0 Å². The van der Waals surface area contributed by atoms with Gasteiger partial charge in [0, 0.05) is 12.5 Å². The van der Waals surface area contributed by atoms with Gasteiger partial charge in [0.15, 0.2) is 0 Å². The minimum absolute atomic E-state index is 0.0189. The molecule has 0 spiro atoms. The normalized spacial score (nSPS) is 16.1. The van der Waals surface area contributed by atoms with Gasteiger partial charge in [-0.05, 0) is 32.9 Å². The van der Waals surface area contributed by atoms with Crippen LogP contribution in [0.25, 0.3) is 0 Å². The molecule has 0 radical (unpaired) electrons. The van der Waals surface area contributed by atoms with Crippen molar-refractivity contribution >= 4 is 11.9 Å². The highest BCUT2D eigenvalue weighted by Gasteiger charge is 2.27. The van der Waals surface area contributed by atoms with Gasteiger partial charge in [-0.1, -0.05) is 12.8 Å². The van der Waals surface area contributed by atoms with Crippen LogP contribution in [0.3, 0.4) is 0 Å². The molecule has 1 aliphatic rings. The van der Waals surface area contributed by atoms with Gasteiger partial charge in [-0.3, -0.25) is 9.59 Å². The largest absolute Gasteiger partial charge is 0.480 e. The zero-order valence-electron chi connectivity index (χ0n) is 10.4. The number of hydrogen-bond acceptors (Lipinski definition) is 3. The van der Waals surface area contributed by atoms with Gasteiger partial charge in [0.25, 0.3) is 0 Å². The van der Waals surface area contributed by atoms with Gasteiger partial charge in [-0.15, -0.1) is 0 Å². The number of carbonyl (C=O) groups excluding carboxylic acids is 1. The maximum absolute atomic E-state index is 12.0. The molecule has 0 aromatic rings. The van der Waals surface area contributed by atoms with Crippen molar-refractivity contribution in [2.45, 2.75) is 44.6 Å². The lowest BCUT2D eigenvalue weighted by Gasteiger charge is -2.27. The molecule has 2 N–H and O–H groups in total. The van der Waals surface area contributed by atoms with E-state index in [0.717, 1.165) is 38.6 Å². The van der Waals surface area contributed by atoms with Crippen LogP contribution in [0.4, 0.5) is 0 Å². The second kappa shape index (κ2) is 7.27. The molecular formula is C12H22N2O3. The molecule has 0 bridgehead atoms. The maximum atomic E-state index is 12.0. The van der Waals surface area contributed by atoms with Crippen LogP contribution in [0.2, 0.25) is 0 Å². The van der Waals surface area contributed by atoms with Crippen molar-refractivity contribution in [2.75, 3.05) is 20.1 Å². The molecule has 1 fully saturated rings. The second-order valence-electron chi connectivity index (χ2n) is 4.56. The number of hydrogen-bond donors (Lipinski definition) is 2. The van der Waals surface area contributed by atoms with E-state index in [9.17, 15) is 9.59 Å². The predicted molar refractivity (Wildman–Crippen MR) is 64.8 cm³/mol. The minimum atomic E-state index is -0.918. The molecule has 0 heterocycles. The van der Waals surface area contributed by atoms with E-state index in [1.54, 1.807) is 4.90 Å². The van der Waals surface area contributed by atoms with Gasteiger partial charge in [0.05, 0.1) is 0 Å². The summed E-state index contributed by atoms with van der Waals surface area (Å²) < 4.78 is 0. The van der Waals surface area contributed by atoms with Crippen LogP contribution >= 0.6 is 0 Å². The van der Waals surface area contributed by atoms with E-state index in [2.05, 4.69) is 5.32 Å². The molecule has 0 atom stereocenters. The Balaban J connectivity index is 2.48. The van der Waals surface area contributed by atoms with Crippen molar-refractivity contribution in [3.8, 4) is 0 Å². The first-order valence-electron chi connectivity index (χ1n) is 6.31. The summed E-state index contributed by atoms with van der Waals surface area (Å²) in [5.41, 5.74) is 0. The van der Waals surface area contributed by atoms with Gasteiger partial charge in [-0.2, -0.15) is 0 Å². The number of nitrogens with zero attached hydrogens (tertiary/aromatic N) is 1. The Kier molecular flexibility index (Phi) is 5.97. The SMILES string of the molecule is CNCCCC(=O)N(CC(=O)O)C1CCCC1. The average Bonchev–Trinajstić information content (AvgIpc) is 2.79. The number of carboxylic acids is 1. The van der Waals surface area contributed by atoms with Crippen molar-refractivity contribution in [2.24, 2.45) is 0 Å².